The van der Waals surface area contributed by atoms with Crippen LogP contribution in [-0.4, -0.2) is 42.2 Å². The molecular weight excluding hydrogens is 444 g/mol. The number of rotatable bonds is 7. The maximum Gasteiger partial charge on any atom is 0.248 e. The molecule has 0 spiro atoms. The third-order valence-electron chi connectivity index (χ3n) is 5.03. The fourth-order valence-electron chi connectivity index (χ4n) is 3.22. The van der Waals surface area contributed by atoms with E-state index >= 15 is 0 Å². The van der Waals surface area contributed by atoms with E-state index in [0.29, 0.717) is 10.8 Å². The zero-order valence-electron chi connectivity index (χ0n) is 17.7. The molecule has 0 aliphatic rings. The average Bonchev–Trinajstić information content (AvgIpc) is 3.23. The van der Waals surface area contributed by atoms with Crippen LogP contribution < -0.4 is 4.90 Å². The molecule has 0 unspecified atom stereocenters. The molecule has 0 aliphatic carbocycles. The number of aryl methyl sites for hydroxylation is 1. The van der Waals surface area contributed by atoms with Crippen LogP contribution in [0.2, 0.25) is 0 Å². The number of thiazole rings is 1. The van der Waals surface area contributed by atoms with Gasteiger partial charge in [0.25, 0.3) is 0 Å². The number of likely N-dealkylation sites (N-methyl/N-ethyl adjacent to an activating group) is 1. The van der Waals surface area contributed by atoms with Gasteiger partial charge >= 0.3 is 0 Å². The van der Waals surface area contributed by atoms with Crippen molar-refractivity contribution in [1.82, 2.24) is 14.3 Å². The van der Waals surface area contributed by atoms with Crippen molar-refractivity contribution in [2.75, 3.05) is 18.5 Å². The van der Waals surface area contributed by atoms with Crippen molar-refractivity contribution in [3.63, 3.8) is 0 Å². The van der Waals surface area contributed by atoms with Crippen LogP contribution in [0.4, 0.5) is 10.8 Å². The highest BCUT2D eigenvalue weighted by atomic mass is 32.2. The van der Waals surface area contributed by atoms with Crippen LogP contribution in [-0.2, 0) is 21.2 Å². The topological polar surface area (TPSA) is 83.5 Å². The fraction of sp³-hybridized carbons (Fsp3) is 0.174. The first-order valence-electron chi connectivity index (χ1n) is 10.0. The van der Waals surface area contributed by atoms with Crippen molar-refractivity contribution in [1.29, 1.82) is 0 Å². The van der Waals surface area contributed by atoms with E-state index in [4.69, 9.17) is 0 Å². The quantitative estimate of drug-likeness (QED) is 0.407. The van der Waals surface area contributed by atoms with Gasteiger partial charge in [0, 0.05) is 19.4 Å². The van der Waals surface area contributed by atoms with E-state index in [1.54, 1.807) is 6.07 Å². The number of carbonyl (C=O) groups is 1. The number of aromatic nitrogens is 2. The second-order valence-corrected chi connectivity index (χ2v) is 10.2. The molecule has 0 bridgehead atoms. The van der Waals surface area contributed by atoms with E-state index in [1.165, 1.54) is 41.7 Å². The van der Waals surface area contributed by atoms with E-state index in [1.807, 2.05) is 48.5 Å². The summed E-state index contributed by atoms with van der Waals surface area (Å²) in [4.78, 5) is 23.5. The van der Waals surface area contributed by atoms with Crippen molar-refractivity contribution in [2.45, 2.75) is 18.2 Å². The molecule has 0 N–H and O–H groups in total. The molecule has 1 amide bonds. The summed E-state index contributed by atoms with van der Waals surface area (Å²) < 4.78 is 27.8. The molecule has 0 saturated carbocycles. The lowest BCUT2D eigenvalue weighted by molar-refractivity contribution is -0.117. The molecule has 4 rings (SSSR count). The summed E-state index contributed by atoms with van der Waals surface area (Å²) in [5, 5.41) is 0.493. The van der Waals surface area contributed by atoms with Crippen molar-refractivity contribution in [3.8, 4) is 0 Å². The van der Waals surface area contributed by atoms with Gasteiger partial charge in [0.05, 0.1) is 22.4 Å². The Hall–Kier alpha value is -3.14. The van der Waals surface area contributed by atoms with E-state index in [9.17, 15) is 13.2 Å². The number of fused-ring (bicyclic) bond motifs is 1. The third-order valence-corrected chi connectivity index (χ3v) is 7.84. The van der Waals surface area contributed by atoms with Gasteiger partial charge in [0.2, 0.25) is 15.9 Å². The normalized spacial score (nSPS) is 11.7. The summed E-state index contributed by atoms with van der Waals surface area (Å²) in [5.41, 5.74) is 2.56. The number of benzene rings is 2. The zero-order valence-corrected chi connectivity index (χ0v) is 19.3. The molecule has 0 atom stereocenters. The SMILES string of the molecule is CCc1ccc(N(C(=O)CN(C)S(=O)(=O)c2cccnc2)c2nc3ccccc3s2)cc1. The Morgan fingerprint density at radius 3 is 2.44 bits per heavy atom. The molecular formula is C23H22N4O3S2. The van der Waals surface area contributed by atoms with Crippen molar-refractivity contribution >= 4 is 48.3 Å². The number of nitrogens with zero attached hydrogens (tertiary/aromatic N) is 4. The molecule has 9 heteroatoms. The Labute approximate surface area is 191 Å². The number of para-hydroxylation sites is 1. The predicted molar refractivity (Wildman–Crippen MR) is 127 cm³/mol. The molecule has 164 valence electrons. The van der Waals surface area contributed by atoms with Gasteiger partial charge in [-0.2, -0.15) is 4.31 Å². The number of hydrogen-bond acceptors (Lipinski definition) is 6. The highest BCUT2D eigenvalue weighted by Crippen LogP contribution is 2.34. The Kier molecular flexibility index (Phi) is 6.31. The Bertz CT molecular complexity index is 1300. The van der Waals surface area contributed by atoms with Crippen LogP contribution in [0.25, 0.3) is 10.2 Å². The van der Waals surface area contributed by atoms with Crippen LogP contribution in [0.1, 0.15) is 12.5 Å². The van der Waals surface area contributed by atoms with Crippen LogP contribution >= 0.6 is 11.3 Å². The summed E-state index contributed by atoms with van der Waals surface area (Å²) in [6.45, 7) is 1.71. The number of pyridine rings is 1. The standard InChI is InChI=1S/C23H22N4O3S2/c1-3-17-10-12-18(13-11-17)27(23-25-20-8-4-5-9-21(20)31-23)22(28)16-26(2)32(29,30)19-7-6-14-24-15-19/h4-15H,3,16H2,1-2H3. The van der Waals surface area contributed by atoms with E-state index in [-0.39, 0.29) is 11.4 Å². The molecule has 2 aromatic carbocycles. The van der Waals surface area contributed by atoms with Crippen LogP contribution in [0.5, 0.6) is 0 Å². The molecule has 32 heavy (non-hydrogen) atoms. The smallest absolute Gasteiger partial charge is 0.248 e. The Morgan fingerprint density at radius 1 is 1.03 bits per heavy atom. The summed E-state index contributed by atoms with van der Waals surface area (Å²) in [7, 11) is -2.48. The van der Waals surface area contributed by atoms with Crippen molar-refractivity contribution < 1.29 is 13.2 Å². The molecule has 0 radical (unpaired) electrons. The molecule has 2 aromatic heterocycles. The minimum Gasteiger partial charge on any atom is -0.272 e. The summed E-state index contributed by atoms with van der Waals surface area (Å²) >= 11 is 1.39. The van der Waals surface area contributed by atoms with Crippen LogP contribution in [0, 0.1) is 0 Å². The van der Waals surface area contributed by atoms with Gasteiger partial charge in [-0.15, -0.1) is 0 Å². The lowest BCUT2D eigenvalue weighted by Crippen LogP contribution is -2.39. The third kappa shape index (κ3) is 4.40. The van der Waals surface area contributed by atoms with Crippen LogP contribution in [0.15, 0.2) is 78.0 Å². The van der Waals surface area contributed by atoms with Gasteiger partial charge in [-0.05, 0) is 48.4 Å². The van der Waals surface area contributed by atoms with Gasteiger partial charge in [0.15, 0.2) is 5.13 Å². The minimum absolute atomic E-state index is 0.0362. The number of anilines is 2. The monoisotopic (exact) mass is 466 g/mol. The first kappa shape index (κ1) is 22.1. The maximum atomic E-state index is 13.4. The molecule has 0 fully saturated rings. The van der Waals surface area contributed by atoms with E-state index in [2.05, 4.69) is 16.9 Å². The van der Waals surface area contributed by atoms with Crippen LogP contribution in [0.3, 0.4) is 0 Å². The summed E-state index contributed by atoms with van der Waals surface area (Å²) in [6, 6.07) is 18.3. The molecule has 0 saturated heterocycles. The highest BCUT2D eigenvalue weighted by molar-refractivity contribution is 7.89. The average molecular weight is 467 g/mol. The summed E-state index contributed by atoms with van der Waals surface area (Å²) in [5.74, 6) is -0.400. The molecule has 2 heterocycles. The lowest BCUT2D eigenvalue weighted by atomic mass is 10.1. The van der Waals surface area contributed by atoms with E-state index < -0.39 is 15.9 Å². The summed E-state index contributed by atoms with van der Waals surface area (Å²) in [6.07, 6.45) is 3.64. The highest BCUT2D eigenvalue weighted by Gasteiger charge is 2.28. The van der Waals surface area contributed by atoms with Gasteiger partial charge in [0.1, 0.15) is 4.90 Å². The number of carbonyl (C=O) groups excluding carboxylic acids is 1. The van der Waals surface area contributed by atoms with E-state index in [0.717, 1.165) is 26.5 Å². The van der Waals surface area contributed by atoms with Crippen molar-refractivity contribution in [2.24, 2.45) is 0 Å². The number of sulfonamides is 1. The van der Waals surface area contributed by atoms with Crippen molar-refractivity contribution in [3.05, 3.63) is 78.6 Å². The maximum absolute atomic E-state index is 13.4. The fourth-order valence-corrected chi connectivity index (χ4v) is 5.31. The first-order valence-corrected chi connectivity index (χ1v) is 12.3. The van der Waals surface area contributed by atoms with Gasteiger partial charge in [-0.25, -0.2) is 13.4 Å². The predicted octanol–water partition coefficient (Wildman–Crippen LogP) is 4.24. The molecule has 4 aromatic rings. The second-order valence-electron chi connectivity index (χ2n) is 7.16. The van der Waals surface area contributed by atoms with Gasteiger partial charge in [-0.1, -0.05) is 42.5 Å². The lowest BCUT2D eigenvalue weighted by Gasteiger charge is -2.23. The number of amides is 1. The second kappa shape index (κ2) is 9.15. The van der Waals surface area contributed by atoms with Gasteiger partial charge in [-0.3, -0.25) is 14.7 Å². The zero-order chi connectivity index (χ0) is 22.7. The number of hydrogen-bond donors (Lipinski definition) is 0. The Morgan fingerprint density at radius 2 is 1.78 bits per heavy atom. The molecule has 0 aliphatic heterocycles. The molecule has 7 nitrogen and oxygen atoms in total. The van der Waals surface area contributed by atoms with Gasteiger partial charge < -0.3 is 0 Å². The Balaban J connectivity index is 1.69. The first-order chi connectivity index (χ1) is 15.4. The largest absolute Gasteiger partial charge is 0.272 e. The minimum atomic E-state index is -3.86.